The summed E-state index contributed by atoms with van der Waals surface area (Å²) >= 11 is 0. The molecule has 1 saturated carbocycles. The van der Waals surface area contributed by atoms with Crippen LogP contribution in [0.15, 0.2) is 24.5 Å². The Kier molecular flexibility index (Phi) is 3.96. The molecule has 1 saturated heterocycles. The molecule has 0 radical (unpaired) electrons. The second-order valence-electron chi connectivity index (χ2n) is 7.67. The number of hydrogen-bond donors (Lipinski definition) is 0. The standard InChI is InChI=1S/C19H22N8O/c1-12-8-21-15(9-20-12)19(28)25(2)14-10-26(11-14)17-7-6-16-22-23-18(27(16)24-17)13-4-3-5-13/h6-9,13-14H,3-5,10-11H2,1-2H3. The molecule has 1 amide bonds. The highest BCUT2D eigenvalue weighted by Gasteiger charge is 2.34. The normalized spacial score (nSPS) is 17.4. The van der Waals surface area contributed by atoms with E-state index < -0.39 is 0 Å². The van der Waals surface area contributed by atoms with E-state index in [-0.39, 0.29) is 11.9 Å². The number of anilines is 1. The Hall–Kier alpha value is -3.10. The zero-order valence-electron chi connectivity index (χ0n) is 16.0. The molecule has 28 heavy (non-hydrogen) atoms. The monoisotopic (exact) mass is 378 g/mol. The minimum absolute atomic E-state index is 0.105. The average molecular weight is 378 g/mol. The van der Waals surface area contributed by atoms with Gasteiger partial charge in [0.25, 0.3) is 5.91 Å². The minimum Gasteiger partial charge on any atom is -0.351 e. The number of likely N-dealkylation sites (N-methyl/N-ethyl adjacent to an activating group) is 1. The zero-order valence-corrected chi connectivity index (χ0v) is 16.0. The van der Waals surface area contributed by atoms with Crippen molar-refractivity contribution in [1.82, 2.24) is 34.7 Å². The predicted molar refractivity (Wildman–Crippen MR) is 102 cm³/mol. The third-order valence-corrected chi connectivity index (χ3v) is 5.80. The van der Waals surface area contributed by atoms with E-state index in [1.807, 2.05) is 30.6 Å². The van der Waals surface area contributed by atoms with Crippen molar-refractivity contribution in [2.75, 3.05) is 25.0 Å². The zero-order chi connectivity index (χ0) is 19.3. The SMILES string of the molecule is Cc1cnc(C(=O)N(C)C2CN(c3ccc4nnc(C5CCC5)n4n3)C2)cn1. The highest BCUT2D eigenvalue weighted by molar-refractivity contribution is 5.92. The first-order chi connectivity index (χ1) is 13.6. The van der Waals surface area contributed by atoms with Crippen LogP contribution in [0.4, 0.5) is 5.82 Å². The average Bonchev–Trinajstić information content (AvgIpc) is 3.02. The van der Waals surface area contributed by atoms with Gasteiger partial charge in [-0.15, -0.1) is 15.3 Å². The summed E-state index contributed by atoms with van der Waals surface area (Å²) in [6.45, 7) is 3.33. The molecule has 9 heteroatoms. The van der Waals surface area contributed by atoms with E-state index in [1.54, 1.807) is 11.1 Å². The van der Waals surface area contributed by atoms with Crippen molar-refractivity contribution >= 4 is 17.4 Å². The first kappa shape index (κ1) is 17.0. The molecular weight excluding hydrogens is 356 g/mol. The lowest BCUT2D eigenvalue weighted by atomic mass is 9.85. The maximum atomic E-state index is 12.6. The summed E-state index contributed by atoms with van der Waals surface area (Å²) in [5.41, 5.74) is 1.96. The molecule has 144 valence electrons. The lowest BCUT2D eigenvalue weighted by Gasteiger charge is -2.44. The lowest BCUT2D eigenvalue weighted by molar-refractivity contribution is 0.0698. The molecule has 3 aromatic heterocycles. The molecule has 0 unspecified atom stereocenters. The van der Waals surface area contributed by atoms with Crippen LogP contribution in [-0.2, 0) is 0 Å². The van der Waals surface area contributed by atoms with E-state index in [1.165, 1.54) is 12.6 Å². The largest absolute Gasteiger partial charge is 0.351 e. The molecule has 0 bridgehead atoms. The number of fused-ring (bicyclic) bond motifs is 1. The highest BCUT2D eigenvalue weighted by Crippen LogP contribution is 2.35. The summed E-state index contributed by atoms with van der Waals surface area (Å²) in [6.07, 6.45) is 6.72. The van der Waals surface area contributed by atoms with Crippen molar-refractivity contribution in [3.63, 3.8) is 0 Å². The number of hydrogen-bond acceptors (Lipinski definition) is 7. The van der Waals surface area contributed by atoms with Gasteiger partial charge in [-0.1, -0.05) is 6.42 Å². The molecule has 1 aliphatic carbocycles. The molecule has 3 aromatic rings. The number of rotatable bonds is 4. The maximum Gasteiger partial charge on any atom is 0.274 e. The third kappa shape index (κ3) is 2.78. The van der Waals surface area contributed by atoms with Gasteiger partial charge in [0.2, 0.25) is 0 Å². The highest BCUT2D eigenvalue weighted by atomic mass is 16.2. The summed E-state index contributed by atoms with van der Waals surface area (Å²) in [4.78, 5) is 24.9. The van der Waals surface area contributed by atoms with Crippen LogP contribution >= 0.6 is 0 Å². The van der Waals surface area contributed by atoms with E-state index in [4.69, 9.17) is 5.10 Å². The second kappa shape index (κ2) is 6.50. The molecular formula is C19H22N8O. The number of nitrogens with zero attached hydrogens (tertiary/aromatic N) is 8. The fourth-order valence-corrected chi connectivity index (χ4v) is 3.62. The second-order valence-corrected chi connectivity index (χ2v) is 7.67. The number of aromatic nitrogens is 6. The Labute approximate surface area is 162 Å². The van der Waals surface area contributed by atoms with Crippen molar-refractivity contribution < 1.29 is 4.79 Å². The summed E-state index contributed by atoms with van der Waals surface area (Å²) in [5.74, 6) is 2.22. The molecule has 2 aliphatic rings. The molecule has 9 nitrogen and oxygen atoms in total. The first-order valence-electron chi connectivity index (χ1n) is 9.63. The topological polar surface area (TPSA) is 92.4 Å². The van der Waals surface area contributed by atoms with Gasteiger partial charge in [0.15, 0.2) is 11.5 Å². The Morgan fingerprint density at radius 1 is 1.14 bits per heavy atom. The van der Waals surface area contributed by atoms with Crippen LogP contribution < -0.4 is 4.90 Å². The molecule has 0 N–H and O–H groups in total. The third-order valence-electron chi connectivity index (χ3n) is 5.80. The number of amides is 1. The van der Waals surface area contributed by atoms with Crippen LogP contribution in [0.3, 0.4) is 0 Å². The fourth-order valence-electron chi connectivity index (χ4n) is 3.62. The van der Waals surface area contributed by atoms with Crippen LogP contribution in [0.25, 0.3) is 5.65 Å². The Morgan fingerprint density at radius 3 is 2.64 bits per heavy atom. The molecule has 5 rings (SSSR count). The minimum atomic E-state index is -0.105. The predicted octanol–water partition coefficient (Wildman–Crippen LogP) is 1.45. The molecule has 4 heterocycles. The molecule has 2 fully saturated rings. The van der Waals surface area contributed by atoms with Crippen LogP contribution in [0.2, 0.25) is 0 Å². The molecule has 1 aliphatic heterocycles. The van der Waals surface area contributed by atoms with Gasteiger partial charge in [0, 0.05) is 32.3 Å². The van der Waals surface area contributed by atoms with Crippen molar-refractivity contribution in [2.24, 2.45) is 0 Å². The summed E-state index contributed by atoms with van der Waals surface area (Å²) in [6, 6.07) is 4.06. The van der Waals surface area contributed by atoms with Gasteiger partial charge < -0.3 is 9.80 Å². The Morgan fingerprint density at radius 2 is 1.96 bits per heavy atom. The summed E-state index contributed by atoms with van der Waals surface area (Å²) in [5, 5.41) is 13.3. The Balaban J connectivity index is 1.28. The van der Waals surface area contributed by atoms with Gasteiger partial charge in [-0.2, -0.15) is 4.52 Å². The van der Waals surface area contributed by atoms with Gasteiger partial charge in [-0.3, -0.25) is 9.78 Å². The van der Waals surface area contributed by atoms with Gasteiger partial charge in [0.05, 0.1) is 17.9 Å². The van der Waals surface area contributed by atoms with Crippen molar-refractivity contribution in [2.45, 2.75) is 38.1 Å². The quantitative estimate of drug-likeness (QED) is 0.678. The molecule has 0 aromatic carbocycles. The van der Waals surface area contributed by atoms with Crippen molar-refractivity contribution in [3.8, 4) is 0 Å². The van der Waals surface area contributed by atoms with E-state index >= 15 is 0 Å². The van der Waals surface area contributed by atoms with Crippen LogP contribution in [0.5, 0.6) is 0 Å². The van der Waals surface area contributed by atoms with E-state index in [0.29, 0.717) is 11.6 Å². The number of carbonyl (C=O) groups excluding carboxylic acids is 1. The van der Waals surface area contributed by atoms with Crippen molar-refractivity contribution in [3.05, 3.63) is 41.7 Å². The molecule has 0 atom stereocenters. The van der Waals surface area contributed by atoms with Gasteiger partial charge in [-0.25, -0.2) is 4.98 Å². The van der Waals surface area contributed by atoms with Gasteiger partial charge in [0.1, 0.15) is 11.5 Å². The summed E-state index contributed by atoms with van der Waals surface area (Å²) in [7, 11) is 1.82. The van der Waals surface area contributed by atoms with Gasteiger partial charge >= 0.3 is 0 Å². The van der Waals surface area contributed by atoms with Gasteiger partial charge in [-0.05, 0) is 31.9 Å². The lowest BCUT2D eigenvalue weighted by Crippen LogP contribution is -2.60. The molecule has 0 spiro atoms. The van der Waals surface area contributed by atoms with E-state index in [2.05, 4.69) is 25.1 Å². The maximum absolute atomic E-state index is 12.6. The fraction of sp³-hybridized carbons (Fsp3) is 0.474. The summed E-state index contributed by atoms with van der Waals surface area (Å²) < 4.78 is 1.88. The first-order valence-corrected chi connectivity index (χ1v) is 9.63. The van der Waals surface area contributed by atoms with Crippen LogP contribution in [-0.4, -0.2) is 66.8 Å². The number of aryl methyl sites for hydroxylation is 1. The van der Waals surface area contributed by atoms with Crippen LogP contribution in [0.1, 0.15) is 47.2 Å². The van der Waals surface area contributed by atoms with E-state index in [9.17, 15) is 4.79 Å². The smallest absolute Gasteiger partial charge is 0.274 e. The van der Waals surface area contributed by atoms with Crippen LogP contribution in [0, 0.1) is 6.92 Å². The van der Waals surface area contributed by atoms with E-state index in [0.717, 1.165) is 48.9 Å². The Bertz CT molecular complexity index is 1020. The number of carbonyl (C=O) groups is 1. The van der Waals surface area contributed by atoms with Crippen molar-refractivity contribution in [1.29, 1.82) is 0 Å².